The second-order valence-corrected chi connectivity index (χ2v) is 5.39. The molecule has 120 valence electrons. The highest BCUT2D eigenvalue weighted by molar-refractivity contribution is 5.77. The van der Waals surface area contributed by atoms with Crippen LogP contribution in [0.4, 0.5) is 0 Å². The second-order valence-electron chi connectivity index (χ2n) is 5.39. The van der Waals surface area contributed by atoms with E-state index in [2.05, 4.69) is 26.4 Å². The van der Waals surface area contributed by atoms with Crippen LogP contribution in [0.3, 0.4) is 0 Å². The van der Waals surface area contributed by atoms with Crippen LogP contribution in [0.2, 0.25) is 0 Å². The first kappa shape index (κ1) is 16.6. The fourth-order valence-corrected chi connectivity index (χ4v) is 2.26. The lowest BCUT2D eigenvalue weighted by Crippen LogP contribution is -2.31. The summed E-state index contributed by atoms with van der Waals surface area (Å²) in [6.45, 7) is 0. The highest BCUT2D eigenvalue weighted by Gasteiger charge is 2.39. The Labute approximate surface area is 134 Å². The molecule has 0 unspecified atom stereocenters. The zero-order valence-electron chi connectivity index (χ0n) is 12.6. The Morgan fingerprint density at radius 3 is 2.74 bits per heavy atom. The van der Waals surface area contributed by atoms with Crippen molar-refractivity contribution >= 4 is 11.9 Å². The van der Waals surface area contributed by atoms with E-state index >= 15 is 0 Å². The lowest BCUT2D eigenvalue weighted by atomic mass is 10.0. The van der Waals surface area contributed by atoms with Gasteiger partial charge in [0.15, 0.2) is 5.66 Å². The standard InChI is InChI=1S/C16H18N4O3/c1-2-3-7-16(19-20-16)8-6-14(21)18-13(10-15(22)23)12-5-4-9-17-11-12/h1,4-5,9,11,13H,3,6-8,10H2,(H,18,21)(H,22,23)/t13-/m0/s1. The van der Waals surface area contributed by atoms with E-state index in [1.54, 1.807) is 24.5 Å². The van der Waals surface area contributed by atoms with Gasteiger partial charge in [0.2, 0.25) is 5.91 Å². The number of carboxylic acids is 1. The van der Waals surface area contributed by atoms with E-state index in [4.69, 9.17) is 11.5 Å². The van der Waals surface area contributed by atoms with E-state index in [0.29, 0.717) is 24.8 Å². The van der Waals surface area contributed by atoms with Crippen LogP contribution < -0.4 is 5.32 Å². The number of nitrogens with zero attached hydrogens (tertiary/aromatic N) is 3. The Balaban J connectivity index is 1.88. The molecule has 2 rings (SSSR count). The van der Waals surface area contributed by atoms with Crippen molar-refractivity contribution in [3.8, 4) is 12.3 Å². The molecule has 1 atom stereocenters. The number of terminal acetylenes is 1. The lowest BCUT2D eigenvalue weighted by Gasteiger charge is -2.17. The average Bonchev–Trinajstić information content (AvgIpc) is 3.31. The fourth-order valence-electron chi connectivity index (χ4n) is 2.26. The molecular formula is C16H18N4O3. The topological polar surface area (TPSA) is 104 Å². The number of pyridine rings is 1. The van der Waals surface area contributed by atoms with Gasteiger partial charge in [0.25, 0.3) is 0 Å². The Hall–Kier alpha value is -2.75. The normalized spacial score (nSPS) is 15.4. The predicted octanol–water partition coefficient (Wildman–Crippen LogP) is 2.07. The van der Waals surface area contributed by atoms with Crippen LogP contribution in [-0.2, 0) is 9.59 Å². The summed E-state index contributed by atoms with van der Waals surface area (Å²) in [5.74, 6) is 1.31. The minimum Gasteiger partial charge on any atom is -0.481 e. The molecule has 0 saturated carbocycles. The zero-order chi connectivity index (χ0) is 16.7. The summed E-state index contributed by atoms with van der Waals surface area (Å²) in [6.07, 6.45) is 10.1. The number of carbonyl (C=O) groups is 2. The minimum absolute atomic E-state index is 0.200. The number of rotatable bonds is 9. The van der Waals surface area contributed by atoms with Gasteiger partial charge in [-0.2, -0.15) is 10.2 Å². The summed E-state index contributed by atoms with van der Waals surface area (Å²) < 4.78 is 0. The fraction of sp³-hybridized carbons (Fsp3) is 0.438. The number of carbonyl (C=O) groups excluding carboxylic acids is 1. The molecule has 0 fully saturated rings. The monoisotopic (exact) mass is 314 g/mol. The summed E-state index contributed by atoms with van der Waals surface area (Å²) >= 11 is 0. The van der Waals surface area contributed by atoms with Gasteiger partial charge >= 0.3 is 5.97 Å². The molecule has 1 aromatic heterocycles. The van der Waals surface area contributed by atoms with Crippen LogP contribution in [0.1, 0.15) is 43.7 Å². The number of aliphatic carboxylic acids is 1. The third-order valence-electron chi connectivity index (χ3n) is 3.61. The van der Waals surface area contributed by atoms with Crippen LogP contribution in [0, 0.1) is 12.3 Å². The summed E-state index contributed by atoms with van der Waals surface area (Å²) in [5, 5.41) is 19.7. The molecule has 2 N–H and O–H groups in total. The molecule has 0 bridgehead atoms. The van der Waals surface area contributed by atoms with Gasteiger partial charge in [0.1, 0.15) is 0 Å². The molecule has 0 spiro atoms. The van der Waals surface area contributed by atoms with E-state index in [9.17, 15) is 9.59 Å². The van der Waals surface area contributed by atoms with Crippen molar-refractivity contribution in [3.63, 3.8) is 0 Å². The maximum Gasteiger partial charge on any atom is 0.305 e. The van der Waals surface area contributed by atoms with Crippen molar-refractivity contribution in [2.75, 3.05) is 0 Å². The maximum absolute atomic E-state index is 12.1. The van der Waals surface area contributed by atoms with Crippen molar-refractivity contribution in [2.24, 2.45) is 10.2 Å². The molecule has 1 aromatic rings. The van der Waals surface area contributed by atoms with Crippen molar-refractivity contribution in [2.45, 2.75) is 43.8 Å². The minimum atomic E-state index is -0.989. The van der Waals surface area contributed by atoms with Gasteiger partial charge in [0.05, 0.1) is 12.5 Å². The third kappa shape index (κ3) is 5.18. The quantitative estimate of drug-likeness (QED) is 0.681. The van der Waals surface area contributed by atoms with E-state index < -0.39 is 17.7 Å². The van der Waals surface area contributed by atoms with Gasteiger partial charge in [-0.1, -0.05) is 6.07 Å². The van der Waals surface area contributed by atoms with Crippen molar-refractivity contribution in [3.05, 3.63) is 30.1 Å². The van der Waals surface area contributed by atoms with Gasteiger partial charge in [0, 0.05) is 38.1 Å². The van der Waals surface area contributed by atoms with Gasteiger partial charge in [-0.25, -0.2) is 0 Å². The summed E-state index contributed by atoms with van der Waals surface area (Å²) in [7, 11) is 0. The van der Waals surface area contributed by atoms with E-state index in [1.807, 2.05) is 0 Å². The second kappa shape index (κ2) is 7.49. The molecular weight excluding hydrogens is 296 g/mol. The number of nitrogens with one attached hydrogen (secondary N) is 1. The Bertz CT molecular complexity index is 630. The first-order chi connectivity index (χ1) is 11.0. The van der Waals surface area contributed by atoms with E-state index in [1.165, 1.54) is 0 Å². The van der Waals surface area contributed by atoms with Gasteiger partial charge < -0.3 is 10.4 Å². The maximum atomic E-state index is 12.1. The Morgan fingerprint density at radius 1 is 1.39 bits per heavy atom. The van der Waals surface area contributed by atoms with Crippen molar-refractivity contribution in [1.29, 1.82) is 0 Å². The van der Waals surface area contributed by atoms with Crippen molar-refractivity contribution in [1.82, 2.24) is 10.3 Å². The van der Waals surface area contributed by atoms with Crippen LogP contribution in [0.5, 0.6) is 0 Å². The Kier molecular flexibility index (Phi) is 5.41. The van der Waals surface area contributed by atoms with Crippen LogP contribution in [-0.4, -0.2) is 27.6 Å². The highest BCUT2D eigenvalue weighted by atomic mass is 16.4. The van der Waals surface area contributed by atoms with Gasteiger partial charge in [-0.05, 0) is 11.6 Å². The van der Waals surface area contributed by atoms with E-state index in [0.717, 1.165) is 0 Å². The largest absolute Gasteiger partial charge is 0.481 e. The molecule has 1 aliphatic rings. The van der Waals surface area contributed by atoms with Crippen LogP contribution >= 0.6 is 0 Å². The number of aromatic nitrogens is 1. The lowest BCUT2D eigenvalue weighted by molar-refractivity contribution is -0.137. The molecule has 0 saturated heterocycles. The smallest absolute Gasteiger partial charge is 0.305 e. The number of amides is 1. The first-order valence-electron chi connectivity index (χ1n) is 7.33. The first-order valence-corrected chi connectivity index (χ1v) is 7.33. The number of hydrogen-bond acceptors (Lipinski definition) is 5. The molecule has 2 heterocycles. The predicted molar refractivity (Wildman–Crippen MR) is 82.3 cm³/mol. The van der Waals surface area contributed by atoms with E-state index in [-0.39, 0.29) is 18.7 Å². The summed E-state index contributed by atoms with van der Waals surface area (Å²) in [5.41, 5.74) is 0.145. The molecule has 1 amide bonds. The Morgan fingerprint density at radius 2 is 2.17 bits per heavy atom. The molecule has 0 radical (unpaired) electrons. The molecule has 23 heavy (non-hydrogen) atoms. The highest BCUT2D eigenvalue weighted by Crippen LogP contribution is 2.37. The molecule has 7 nitrogen and oxygen atoms in total. The van der Waals surface area contributed by atoms with Crippen LogP contribution in [0.15, 0.2) is 34.8 Å². The summed E-state index contributed by atoms with van der Waals surface area (Å²) in [4.78, 5) is 27.1. The SMILES string of the molecule is C#CCCC1(CCC(=O)N[C@@H](CC(=O)O)c2cccnc2)N=N1. The third-order valence-corrected chi connectivity index (χ3v) is 3.61. The molecule has 7 heteroatoms. The van der Waals surface area contributed by atoms with Crippen LogP contribution in [0.25, 0.3) is 0 Å². The zero-order valence-corrected chi connectivity index (χ0v) is 12.6. The van der Waals surface area contributed by atoms with Crippen molar-refractivity contribution < 1.29 is 14.7 Å². The molecule has 1 aliphatic heterocycles. The number of hydrogen-bond donors (Lipinski definition) is 2. The van der Waals surface area contributed by atoms with Gasteiger partial charge in [-0.15, -0.1) is 12.3 Å². The number of carboxylic acid groups (broad SMARTS) is 1. The molecule has 0 aromatic carbocycles. The van der Waals surface area contributed by atoms with Gasteiger partial charge in [-0.3, -0.25) is 14.6 Å². The summed E-state index contributed by atoms with van der Waals surface area (Å²) in [6, 6.07) is 2.83. The average molecular weight is 314 g/mol. The molecule has 0 aliphatic carbocycles.